The highest BCUT2D eigenvalue weighted by Crippen LogP contribution is 2.28. The summed E-state index contributed by atoms with van der Waals surface area (Å²) in [5, 5.41) is 13.2. The van der Waals surface area contributed by atoms with Crippen LogP contribution in [0.15, 0.2) is 110 Å². The Balaban J connectivity index is 1.54. The largest absolute Gasteiger partial charge is 0.455 e. The Labute approximate surface area is 290 Å². The smallest absolute Gasteiger partial charge is 0.309 e. The van der Waals surface area contributed by atoms with Gasteiger partial charge in [-0.1, -0.05) is 97.1 Å². The number of esters is 1. The summed E-state index contributed by atoms with van der Waals surface area (Å²) in [6.07, 6.45) is 6.13. The van der Waals surface area contributed by atoms with Crippen LogP contribution in [0.4, 0.5) is 0 Å². The quantitative estimate of drug-likeness (QED) is 0.0905. The van der Waals surface area contributed by atoms with Crippen molar-refractivity contribution in [3.63, 3.8) is 0 Å². The van der Waals surface area contributed by atoms with Crippen LogP contribution in [0.5, 0.6) is 0 Å². The number of hydrogen-bond acceptors (Lipinski definition) is 6. The average molecular weight is 667 g/mol. The predicted octanol–water partition coefficient (Wildman–Crippen LogP) is 6.15. The lowest BCUT2D eigenvalue weighted by molar-refractivity contribution is -0.158. The molecule has 260 valence electrons. The van der Waals surface area contributed by atoms with Crippen LogP contribution in [-0.2, 0) is 43.2 Å². The van der Waals surface area contributed by atoms with Crippen LogP contribution in [0.2, 0.25) is 0 Å². The molecule has 5 atom stereocenters. The third-order valence-electron chi connectivity index (χ3n) is 9.16. The fourth-order valence-corrected chi connectivity index (χ4v) is 6.50. The van der Waals surface area contributed by atoms with E-state index in [9.17, 15) is 19.5 Å². The van der Waals surface area contributed by atoms with Crippen molar-refractivity contribution in [3.8, 4) is 0 Å². The molecule has 0 spiro atoms. The molecule has 0 radical (unpaired) electrons. The van der Waals surface area contributed by atoms with Gasteiger partial charge in [-0.25, -0.2) is 0 Å². The van der Waals surface area contributed by atoms with E-state index >= 15 is 0 Å². The molecular formula is C41H50N2O6. The number of nitrogens with zero attached hydrogens (tertiary/aromatic N) is 1. The van der Waals surface area contributed by atoms with Crippen LogP contribution in [0, 0.1) is 11.8 Å². The van der Waals surface area contributed by atoms with Gasteiger partial charge in [-0.15, -0.1) is 13.2 Å². The molecule has 1 heterocycles. The molecular weight excluding hydrogens is 616 g/mol. The standard InChI is InChI=1S/C41H50N2O6/c1-4-6-9-22-34(24-30-17-10-7-11-18-30)41(47)49-39(31-19-12-8-13-20-31)37(29-48-3)42-40(46)33(16-5-2)26-38(45)43-27-35-23-15-14-21-32(35)25-36(43)28-44/h4-5,7-8,10-15,17-21,23,33-34,36-37,39,44H,1-2,6,9,16,22,24-29H2,3H3,(H,42,46). The van der Waals surface area contributed by atoms with Crippen molar-refractivity contribution in [1.82, 2.24) is 10.2 Å². The Bertz CT molecular complexity index is 1510. The van der Waals surface area contributed by atoms with Crippen molar-refractivity contribution >= 4 is 17.8 Å². The van der Waals surface area contributed by atoms with Crippen molar-refractivity contribution in [2.75, 3.05) is 20.3 Å². The van der Waals surface area contributed by atoms with Gasteiger partial charge in [0, 0.05) is 20.1 Å². The molecule has 3 aromatic rings. The number of benzene rings is 3. The number of aliphatic hydroxyl groups excluding tert-OH is 1. The van der Waals surface area contributed by atoms with Crippen molar-refractivity contribution < 1.29 is 29.0 Å². The Hall–Kier alpha value is -4.53. The van der Waals surface area contributed by atoms with E-state index in [1.54, 1.807) is 11.0 Å². The monoisotopic (exact) mass is 666 g/mol. The molecule has 0 aromatic heterocycles. The number of rotatable bonds is 19. The first-order valence-electron chi connectivity index (χ1n) is 17.2. The zero-order chi connectivity index (χ0) is 35.0. The zero-order valence-corrected chi connectivity index (χ0v) is 28.5. The number of amides is 2. The molecule has 0 fully saturated rings. The summed E-state index contributed by atoms with van der Waals surface area (Å²) < 4.78 is 11.9. The molecule has 0 aliphatic carbocycles. The van der Waals surface area contributed by atoms with Crippen molar-refractivity contribution in [3.05, 3.63) is 132 Å². The van der Waals surface area contributed by atoms with E-state index in [1.807, 2.05) is 91.0 Å². The molecule has 4 rings (SSSR count). The summed E-state index contributed by atoms with van der Waals surface area (Å²) >= 11 is 0. The molecule has 1 aliphatic rings. The molecule has 5 unspecified atom stereocenters. The summed E-state index contributed by atoms with van der Waals surface area (Å²) in [5.74, 6) is -2.05. The van der Waals surface area contributed by atoms with E-state index in [1.165, 1.54) is 7.11 Å². The predicted molar refractivity (Wildman–Crippen MR) is 191 cm³/mol. The maximum absolute atomic E-state index is 14.0. The van der Waals surface area contributed by atoms with Gasteiger partial charge >= 0.3 is 5.97 Å². The maximum Gasteiger partial charge on any atom is 0.309 e. The first kappa shape index (κ1) is 37.3. The number of carbonyl (C=O) groups excluding carboxylic acids is 3. The Kier molecular flexibility index (Phi) is 14.8. The number of nitrogens with one attached hydrogen (secondary N) is 1. The van der Waals surface area contributed by atoms with Gasteiger partial charge in [0.1, 0.15) is 6.10 Å². The van der Waals surface area contributed by atoms with Crippen LogP contribution in [-0.4, -0.2) is 60.2 Å². The van der Waals surface area contributed by atoms with Crippen LogP contribution in [0.3, 0.4) is 0 Å². The van der Waals surface area contributed by atoms with E-state index in [4.69, 9.17) is 9.47 Å². The van der Waals surface area contributed by atoms with Crippen molar-refractivity contribution in [2.45, 2.75) is 69.7 Å². The molecule has 49 heavy (non-hydrogen) atoms. The number of fused-ring (bicyclic) bond motifs is 1. The third-order valence-corrected chi connectivity index (χ3v) is 9.16. The highest BCUT2D eigenvalue weighted by atomic mass is 16.5. The van der Waals surface area contributed by atoms with Crippen LogP contribution >= 0.6 is 0 Å². The van der Waals surface area contributed by atoms with Gasteiger partial charge in [0.05, 0.1) is 37.1 Å². The van der Waals surface area contributed by atoms with Gasteiger partial charge in [0.2, 0.25) is 11.8 Å². The van der Waals surface area contributed by atoms with E-state index in [2.05, 4.69) is 18.5 Å². The maximum atomic E-state index is 14.0. The molecule has 2 N–H and O–H groups in total. The molecule has 3 aromatic carbocycles. The topological polar surface area (TPSA) is 105 Å². The highest BCUT2D eigenvalue weighted by Gasteiger charge is 2.35. The van der Waals surface area contributed by atoms with Gasteiger partial charge in [0.15, 0.2) is 0 Å². The number of methoxy groups -OCH3 is 1. The van der Waals surface area contributed by atoms with Gasteiger partial charge in [-0.2, -0.15) is 0 Å². The summed E-state index contributed by atoms with van der Waals surface area (Å²) in [4.78, 5) is 43.3. The lowest BCUT2D eigenvalue weighted by Crippen LogP contribution is -2.49. The number of aliphatic hydroxyl groups is 1. The fraction of sp³-hybridized carbons (Fsp3) is 0.390. The average Bonchev–Trinajstić information content (AvgIpc) is 3.13. The Morgan fingerprint density at radius 3 is 2.27 bits per heavy atom. The second-order valence-electron chi connectivity index (χ2n) is 12.7. The van der Waals surface area contributed by atoms with Gasteiger partial charge in [-0.05, 0) is 60.8 Å². The number of hydrogen-bond donors (Lipinski definition) is 2. The number of unbranched alkanes of at least 4 members (excludes halogenated alkanes) is 1. The lowest BCUT2D eigenvalue weighted by Gasteiger charge is -2.37. The van der Waals surface area contributed by atoms with Crippen LogP contribution in [0.25, 0.3) is 0 Å². The summed E-state index contributed by atoms with van der Waals surface area (Å²) in [7, 11) is 1.53. The number of allylic oxidation sites excluding steroid dienone is 2. The molecule has 8 heteroatoms. The first-order valence-corrected chi connectivity index (χ1v) is 17.2. The molecule has 2 amide bonds. The number of ether oxygens (including phenoxy) is 2. The zero-order valence-electron chi connectivity index (χ0n) is 28.5. The normalized spacial score (nSPS) is 16.4. The summed E-state index contributed by atoms with van der Waals surface area (Å²) in [6, 6.07) is 26.0. The minimum absolute atomic E-state index is 0.0610. The van der Waals surface area contributed by atoms with Gasteiger partial charge < -0.3 is 24.8 Å². The van der Waals surface area contributed by atoms with E-state index in [0.717, 1.165) is 35.1 Å². The third kappa shape index (κ3) is 10.7. The summed E-state index contributed by atoms with van der Waals surface area (Å²) in [5.41, 5.74) is 3.91. The summed E-state index contributed by atoms with van der Waals surface area (Å²) in [6.45, 7) is 7.94. The van der Waals surface area contributed by atoms with Gasteiger partial charge in [0.25, 0.3) is 0 Å². The number of carbonyl (C=O) groups is 3. The SMILES string of the molecule is C=CCCCC(Cc1ccccc1)C(=O)OC(c1ccccc1)C(COC)NC(=O)C(CC=C)CC(=O)N1Cc2ccccc2CC1CO. The van der Waals surface area contributed by atoms with Crippen LogP contribution < -0.4 is 5.32 Å². The molecule has 0 saturated carbocycles. The highest BCUT2D eigenvalue weighted by molar-refractivity contribution is 5.86. The van der Waals surface area contributed by atoms with Crippen LogP contribution in [0.1, 0.15) is 60.5 Å². The van der Waals surface area contributed by atoms with Crippen molar-refractivity contribution in [1.29, 1.82) is 0 Å². The lowest BCUT2D eigenvalue weighted by atomic mass is 9.92. The molecule has 0 saturated heterocycles. The Morgan fingerprint density at radius 2 is 1.61 bits per heavy atom. The molecule has 0 bridgehead atoms. The molecule has 8 nitrogen and oxygen atoms in total. The Morgan fingerprint density at radius 1 is 0.939 bits per heavy atom. The van der Waals surface area contributed by atoms with E-state index in [0.29, 0.717) is 25.8 Å². The second-order valence-corrected chi connectivity index (χ2v) is 12.7. The minimum Gasteiger partial charge on any atom is -0.455 e. The van der Waals surface area contributed by atoms with Gasteiger partial charge in [-0.3, -0.25) is 14.4 Å². The van der Waals surface area contributed by atoms with E-state index < -0.39 is 24.0 Å². The minimum atomic E-state index is -0.840. The van der Waals surface area contributed by atoms with Crippen molar-refractivity contribution in [2.24, 2.45) is 11.8 Å². The fourth-order valence-electron chi connectivity index (χ4n) is 6.50. The van der Waals surface area contributed by atoms with E-state index in [-0.39, 0.29) is 49.9 Å². The second kappa shape index (κ2) is 19.5. The first-order chi connectivity index (χ1) is 23.9. The molecule has 1 aliphatic heterocycles.